The van der Waals surface area contributed by atoms with E-state index in [1.54, 1.807) is 0 Å². The maximum Gasteiger partial charge on any atom is 0.337 e. The molecule has 0 saturated heterocycles. The molecule has 158 valence electrons. The quantitative estimate of drug-likeness (QED) is 0.228. The van der Waals surface area contributed by atoms with Crippen LogP contribution in [-0.2, 0) is 10.0 Å². The van der Waals surface area contributed by atoms with Crippen molar-refractivity contribution in [1.29, 1.82) is 0 Å². The lowest BCUT2D eigenvalue weighted by Gasteiger charge is -2.14. The van der Waals surface area contributed by atoms with Crippen molar-refractivity contribution in [2.75, 3.05) is 10.1 Å². The topological polar surface area (TPSA) is 163 Å². The van der Waals surface area contributed by atoms with Gasteiger partial charge in [-0.15, -0.1) is 0 Å². The highest BCUT2D eigenvalue weighted by Gasteiger charge is 2.24. The number of carboxylic acid groups (broad SMARTS) is 1. The molecular weight excluding hydrogens is 434 g/mol. The van der Waals surface area contributed by atoms with E-state index in [0.29, 0.717) is 0 Å². The summed E-state index contributed by atoms with van der Waals surface area (Å²) in [5, 5.41) is 23.9. The Morgan fingerprint density at radius 3 is 2.50 bits per heavy atom. The van der Waals surface area contributed by atoms with E-state index in [9.17, 15) is 28.4 Å². The van der Waals surface area contributed by atoms with Crippen molar-refractivity contribution < 1.29 is 23.2 Å². The monoisotopic (exact) mass is 451 g/mol. The lowest BCUT2D eigenvalue weighted by Crippen LogP contribution is -2.39. The second-order valence-corrected chi connectivity index (χ2v) is 8.48. The smallest absolute Gasteiger partial charge is 0.337 e. The minimum absolute atomic E-state index is 0.00448. The van der Waals surface area contributed by atoms with Gasteiger partial charge in [0.1, 0.15) is 5.69 Å². The zero-order valence-electron chi connectivity index (χ0n) is 15.3. The minimum Gasteiger partial charge on any atom is -0.478 e. The number of aromatic carboxylic acids is 1. The molecule has 1 saturated carbocycles. The second-order valence-electron chi connectivity index (χ2n) is 6.39. The third-order valence-corrected chi connectivity index (χ3v) is 5.68. The summed E-state index contributed by atoms with van der Waals surface area (Å²) in [6, 6.07) is 8.94. The Hall–Kier alpha value is -3.45. The average molecular weight is 451 g/mol. The third-order valence-electron chi connectivity index (χ3n) is 4.10. The van der Waals surface area contributed by atoms with Crippen LogP contribution in [0.25, 0.3) is 0 Å². The highest BCUT2D eigenvalue weighted by molar-refractivity contribution is 7.92. The van der Waals surface area contributed by atoms with Crippen molar-refractivity contribution in [3.05, 3.63) is 58.1 Å². The van der Waals surface area contributed by atoms with Crippen molar-refractivity contribution >= 4 is 50.4 Å². The Bertz CT molecular complexity index is 1120. The van der Waals surface area contributed by atoms with E-state index >= 15 is 0 Å². The number of rotatable bonds is 8. The first-order valence-corrected chi connectivity index (χ1v) is 10.5. The molecule has 1 aliphatic rings. The number of anilines is 2. The van der Waals surface area contributed by atoms with Gasteiger partial charge >= 0.3 is 5.97 Å². The summed E-state index contributed by atoms with van der Waals surface area (Å²) in [5.41, 5.74) is 4.29. The van der Waals surface area contributed by atoms with Crippen molar-refractivity contribution in [2.24, 2.45) is 0 Å². The van der Waals surface area contributed by atoms with Gasteiger partial charge in [-0.3, -0.25) is 25.7 Å². The van der Waals surface area contributed by atoms with E-state index in [-0.39, 0.29) is 28.1 Å². The summed E-state index contributed by atoms with van der Waals surface area (Å²) in [5.74, 6) is -1.32. The summed E-state index contributed by atoms with van der Waals surface area (Å²) >= 11 is 5.06. The van der Waals surface area contributed by atoms with Gasteiger partial charge in [0.05, 0.1) is 21.1 Å². The van der Waals surface area contributed by atoms with Crippen LogP contribution in [0.5, 0.6) is 0 Å². The summed E-state index contributed by atoms with van der Waals surface area (Å²) < 4.78 is 27.5. The highest BCUT2D eigenvalue weighted by Crippen LogP contribution is 2.29. The van der Waals surface area contributed by atoms with Gasteiger partial charge in [0.2, 0.25) is 0 Å². The van der Waals surface area contributed by atoms with E-state index in [0.717, 1.165) is 25.0 Å². The van der Waals surface area contributed by atoms with Crippen LogP contribution in [0.3, 0.4) is 0 Å². The second kappa shape index (κ2) is 8.51. The van der Waals surface area contributed by atoms with E-state index in [2.05, 4.69) is 20.9 Å². The van der Waals surface area contributed by atoms with Gasteiger partial charge in [0.15, 0.2) is 5.11 Å². The number of nitrogens with one attached hydrogen (secondary N) is 4. The van der Waals surface area contributed by atoms with Crippen molar-refractivity contribution in [3.63, 3.8) is 0 Å². The molecule has 0 spiro atoms. The first kappa shape index (κ1) is 21.3. The number of thiocarbonyl (C=S) groups is 1. The van der Waals surface area contributed by atoms with Crippen LogP contribution in [-0.4, -0.2) is 35.6 Å². The number of benzene rings is 2. The van der Waals surface area contributed by atoms with Crippen LogP contribution in [0.2, 0.25) is 0 Å². The van der Waals surface area contributed by atoms with Gasteiger partial charge in [-0.05, 0) is 49.3 Å². The molecule has 0 bridgehead atoms. The number of nitro groups is 1. The lowest BCUT2D eigenvalue weighted by molar-refractivity contribution is -0.384. The van der Waals surface area contributed by atoms with Crippen LogP contribution in [0, 0.1) is 10.1 Å². The normalized spacial score (nSPS) is 13.2. The van der Waals surface area contributed by atoms with E-state index in [1.165, 1.54) is 30.3 Å². The summed E-state index contributed by atoms with van der Waals surface area (Å²) in [6.45, 7) is 0. The van der Waals surface area contributed by atoms with Crippen molar-refractivity contribution in [3.8, 4) is 0 Å². The third kappa shape index (κ3) is 5.12. The highest BCUT2D eigenvalue weighted by atomic mass is 32.2. The molecule has 0 amide bonds. The van der Waals surface area contributed by atoms with E-state index in [4.69, 9.17) is 12.2 Å². The van der Waals surface area contributed by atoms with Gasteiger partial charge in [0.25, 0.3) is 15.7 Å². The Labute approximate surface area is 176 Å². The fraction of sp³-hybridized carbons (Fsp3) is 0.176. The molecule has 1 fully saturated rings. The number of hydrogen-bond acceptors (Lipinski definition) is 7. The molecule has 11 nitrogen and oxygen atoms in total. The lowest BCUT2D eigenvalue weighted by atomic mass is 10.2. The van der Waals surface area contributed by atoms with E-state index in [1.807, 2.05) is 0 Å². The van der Waals surface area contributed by atoms with Crippen LogP contribution in [0.15, 0.2) is 47.4 Å². The maximum absolute atomic E-state index is 12.7. The van der Waals surface area contributed by atoms with E-state index < -0.39 is 31.5 Å². The first-order valence-electron chi connectivity index (χ1n) is 8.63. The van der Waals surface area contributed by atoms with Gasteiger partial charge in [-0.1, -0.05) is 12.1 Å². The molecule has 0 radical (unpaired) electrons. The van der Waals surface area contributed by atoms with Crippen molar-refractivity contribution in [2.45, 2.75) is 23.8 Å². The molecule has 2 aromatic carbocycles. The number of para-hydroxylation sites is 1. The minimum atomic E-state index is -4.29. The number of sulfonamides is 1. The number of carboxylic acids is 1. The largest absolute Gasteiger partial charge is 0.478 e. The fourth-order valence-corrected chi connectivity index (χ4v) is 3.79. The SMILES string of the molecule is O=C(O)c1ccccc1NS(=O)(=O)c1ccc(NNC(=S)NC2CC2)c([N+](=O)[O-])c1. The number of nitro benzene ring substituents is 1. The number of hydrazine groups is 1. The molecule has 5 N–H and O–H groups in total. The molecule has 0 heterocycles. The summed E-state index contributed by atoms with van der Waals surface area (Å²) in [6.07, 6.45) is 1.99. The molecule has 13 heteroatoms. The van der Waals surface area contributed by atoms with Crippen LogP contribution < -0.4 is 20.9 Å². The molecule has 3 rings (SSSR count). The van der Waals surface area contributed by atoms with Gasteiger partial charge in [-0.25, -0.2) is 13.2 Å². The summed E-state index contributed by atoms with van der Waals surface area (Å²) in [7, 11) is -4.29. The Morgan fingerprint density at radius 1 is 1.17 bits per heavy atom. The maximum atomic E-state index is 12.7. The fourth-order valence-electron chi connectivity index (χ4n) is 2.47. The van der Waals surface area contributed by atoms with Crippen LogP contribution in [0.4, 0.5) is 17.1 Å². The zero-order chi connectivity index (χ0) is 21.9. The number of nitrogens with zero attached hydrogens (tertiary/aromatic N) is 1. The van der Waals surface area contributed by atoms with Gasteiger partial charge in [-0.2, -0.15) is 0 Å². The predicted molar refractivity (Wildman–Crippen MR) is 113 cm³/mol. The number of carbonyl (C=O) groups is 1. The Morgan fingerprint density at radius 2 is 1.87 bits per heavy atom. The molecule has 0 atom stereocenters. The molecular formula is C17H17N5O6S2. The molecule has 1 aliphatic carbocycles. The summed E-state index contributed by atoms with van der Waals surface area (Å²) in [4.78, 5) is 21.6. The molecule has 0 aliphatic heterocycles. The first-order chi connectivity index (χ1) is 14.2. The molecule has 0 unspecified atom stereocenters. The zero-order valence-corrected chi connectivity index (χ0v) is 16.9. The van der Waals surface area contributed by atoms with Crippen molar-refractivity contribution in [1.82, 2.24) is 10.7 Å². The standard InChI is InChI=1S/C17H17N5O6S2/c23-16(24)12-3-1-2-4-13(12)21-30(27,28)11-7-8-14(15(9-11)22(25)26)19-20-17(29)18-10-5-6-10/h1-4,7-10,19,21H,5-6H2,(H,23,24)(H2,18,20,29). The van der Waals surface area contributed by atoms with Gasteiger partial charge in [0, 0.05) is 12.1 Å². The number of hydrogen-bond donors (Lipinski definition) is 5. The Balaban J connectivity index is 1.83. The average Bonchev–Trinajstić information content (AvgIpc) is 3.50. The van der Waals surface area contributed by atoms with Gasteiger partial charge < -0.3 is 10.4 Å². The van der Waals surface area contributed by atoms with Crippen LogP contribution in [0.1, 0.15) is 23.2 Å². The van der Waals surface area contributed by atoms with Crippen LogP contribution >= 0.6 is 12.2 Å². The predicted octanol–water partition coefficient (Wildman–Crippen LogP) is 2.05. The Kier molecular flexibility index (Phi) is 6.03. The molecule has 30 heavy (non-hydrogen) atoms. The molecule has 2 aromatic rings. The molecule has 0 aromatic heterocycles.